The number of hydrogen-bond acceptors (Lipinski definition) is 2. The molecule has 1 nitrogen and oxygen atoms in total. The van der Waals surface area contributed by atoms with Crippen molar-refractivity contribution in [1.29, 1.82) is 0 Å². The Balaban J connectivity index is 2.16. The molecule has 4 heteroatoms. The van der Waals surface area contributed by atoms with E-state index in [-0.39, 0.29) is 10.8 Å². The highest BCUT2D eigenvalue weighted by atomic mass is 35.5. The van der Waals surface area contributed by atoms with Crippen LogP contribution in [0.5, 0.6) is 0 Å². The minimum absolute atomic E-state index is 0.138. The lowest BCUT2D eigenvalue weighted by molar-refractivity contribution is 0.104. The first-order valence-electron chi connectivity index (χ1n) is 5.63. The van der Waals surface area contributed by atoms with Crippen LogP contribution in [0.15, 0.2) is 47.8 Å². The SMILES string of the molecule is O=C(c1ccc(F)cc1Cl)c1cccc2ccsc12. The molecule has 1 aromatic heterocycles. The predicted octanol–water partition coefficient (Wildman–Crippen LogP) is 4.92. The number of fused-ring (bicyclic) bond motifs is 1. The molecule has 0 N–H and O–H groups in total. The highest BCUT2D eigenvalue weighted by Gasteiger charge is 2.16. The molecule has 0 saturated heterocycles. The van der Waals surface area contributed by atoms with E-state index in [0.29, 0.717) is 11.1 Å². The fraction of sp³-hybridized carbons (Fsp3) is 0. The summed E-state index contributed by atoms with van der Waals surface area (Å²) in [5.74, 6) is -0.631. The van der Waals surface area contributed by atoms with Crippen molar-refractivity contribution in [2.45, 2.75) is 0 Å². The molecule has 0 aliphatic heterocycles. The smallest absolute Gasteiger partial charge is 0.195 e. The maximum absolute atomic E-state index is 13.0. The maximum Gasteiger partial charge on any atom is 0.195 e. The van der Waals surface area contributed by atoms with E-state index in [9.17, 15) is 9.18 Å². The zero-order valence-corrected chi connectivity index (χ0v) is 11.3. The van der Waals surface area contributed by atoms with Gasteiger partial charge in [0.05, 0.1) is 5.02 Å². The molecule has 2 aromatic carbocycles. The Morgan fingerprint density at radius 1 is 1.11 bits per heavy atom. The van der Waals surface area contributed by atoms with Gasteiger partial charge in [-0.3, -0.25) is 4.79 Å². The van der Waals surface area contributed by atoms with Crippen molar-refractivity contribution in [1.82, 2.24) is 0 Å². The summed E-state index contributed by atoms with van der Waals surface area (Å²) in [7, 11) is 0. The number of rotatable bonds is 2. The van der Waals surface area contributed by atoms with Gasteiger partial charge in [0.15, 0.2) is 5.78 Å². The number of ketones is 1. The lowest BCUT2D eigenvalue weighted by Gasteiger charge is -2.05. The molecular formula is C15H8ClFOS. The number of carbonyl (C=O) groups excluding carboxylic acids is 1. The van der Waals surface area contributed by atoms with E-state index in [0.717, 1.165) is 16.2 Å². The average Bonchev–Trinajstić information content (AvgIpc) is 2.86. The summed E-state index contributed by atoms with van der Waals surface area (Å²) >= 11 is 7.45. The summed E-state index contributed by atoms with van der Waals surface area (Å²) in [5.41, 5.74) is 0.921. The Kier molecular flexibility index (Phi) is 3.09. The van der Waals surface area contributed by atoms with Crippen LogP contribution >= 0.6 is 22.9 Å². The average molecular weight is 291 g/mol. The van der Waals surface area contributed by atoms with Crippen LogP contribution in [0, 0.1) is 5.82 Å². The van der Waals surface area contributed by atoms with E-state index >= 15 is 0 Å². The van der Waals surface area contributed by atoms with Gasteiger partial charge in [-0.05, 0) is 41.1 Å². The molecule has 0 unspecified atom stereocenters. The topological polar surface area (TPSA) is 17.1 Å². The lowest BCUT2D eigenvalue weighted by Crippen LogP contribution is -2.02. The van der Waals surface area contributed by atoms with Crippen molar-refractivity contribution >= 4 is 38.8 Å². The van der Waals surface area contributed by atoms with Gasteiger partial charge in [0.1, 0.15) is 5.82 Å². The van der Waals surface area contributed by atoms with Gasteiger partial charge in [-0.25, -0.2) is 4.39 Å². The molecule has 0 amide bonds. The zero-order chi connectivity index (χ0) is 13.4. The molecule has 3 aromatic rings. The number of hydrogen-bond donors (Lipinski definition) is 0. The first-order valence-corrected chi connectivity index (χ1v) is 6.88. The Morgan fingerprint density at radius 2 is 1.95 bits per heavy atom. The van der Waals surface area contributed by atoms with E-state index in [1.807, 2.05) is 23.6 Å². The Hall–Kier alpha value is -1.71. The predicted molar refractivity (Wildman–Crippen MR) is 76.7 cm³/mol. The van der Waals surface area contributed by atoms with Gasteiger partial charge in [0, 0.05) is 15.8 Å². The highest BCUT2D eigenvalue weighted by Crippen LogP contribution is 2.28. The molecule has 3 rings (SSSR count). The molecule has 0 aliphatic rings. The fourth-order valence-corrected chi connectivity index (χ4v) is 3.15. The van der Waals surface area contributed by atoms with Crippen molar-refractivity contribution in [3.8, 4) is 0 Å². The second kappa shape index (κ2) is 4.76. The van der Waals surface area contributed by atoms with Crippen LogP contribution in [-0.4, -0.2) is 5.78 Å². The lowest BCUT2D eigenvalue weighted by atomic mass is 10.0. The summed E-state index contributed by atoms with van der Waals surface area (Å²) in [5, 5.41) is 3.10. The van der Waals surface area contributed by atoms with E-state index in [1.54, 1.807) is 6.07 Å². The van der Waals surface area contributed by atoms with E-state index in [4.69, 9.17) is 11.6 Å². The number of carbonyl (C=O) groups is 1. The monoisotopic (exact) mass is 290 g/mol. The summed E-state index contributed by atoms with van der Waals surface area (Å²) in [6.45, 7) is 0. The first kappa shape index (κ1) is 12.3. The van der Waals surface area contributed by atoms with Gasteiger partial charge in [-0.15, -0.1) is 11.3 Å². The standard InChI is InChI=1S/C15H8ClFOS/c16-13-8-10(17)4-5-11(13)14(18)12-3-1-2-9-6-7-19-15(9)12/h1-8H. The van der Waals surface area contributed by atoms with Crippen LogP contribution < -0.4 is 0 Å². The zero-order valence-electron chi connectivity index (χ0n) is 9.69. The molecule has 0 aliphatic carbocycles. The summed E-state index contributed by atoms with van der Waals surface area (Å²) in [6, 6.07) is 11.3. The molecule has 94 valence electrons. The van der Waals surface area contributed by atoms with Crippen molar-refractivity contribution < 1.29 is 9.18 Å². The Morgan fingerprint density at radius 3 is 2.74 bits per heavy atom. The van der Waals surface area contributed by atoms with Gasteiger partial charge in [0.25, 0.3) is 0 Å². The van der Waals surface area contributed by atoms with Gasteiger partial charge in [-0.1, -0.05) is 23.7 Å². The molecule has 0 bridgehead atoms. The third-order valence-electron chi connectivity index (χ3n) is 2.90. The molecule has 0 spiro atoms. The van der Waals surface area contributed by atoms with Crippen molar-refractivity contribution in [3.05, 3.63) is 69.8 Å². The van der Waals surface area contributed by atoms with Gasteiger partial charge < -0.3 is 0 Å². The van der Waals surface area contributed by atoms with Crippen LogP contribution in [-0.2, 0) is 0 Å². The second-order valence-corrected chi connectivity index (χ2v) is 5.42. The molecule has 0 radical (unpaired) electrons. The van der Waals surface area contributed by atoms with Crippen LogP contribution in [0.1, 0.15) is 15.9 Å². The third kappa shape index (κ3) is 2.15. The fourth-order valence-electron chi connectivity index (χ4n) is 1.99. The Labute approximate surface area is 118 Å². The molecule has 19 heavy (non-hydrogen) atoms. The molecule has 0 saturated carbocycles. The number of benzene rings is 2. The van der Waals surface area contributed by atoms with E-state index in [2.05, 4.69) is 0 Å². The number of halogens is 2. The van der Waals surface area contributed by atoms with E-state index in [1.165, 1.54) is 23.5 Å². The maximum atomic E-state index is 13.0. The second-order valence-electron chi connectivity index (χ2n) is 4.10. The van der Waals surface area contributed by atoms with Crippen LogP contribution in [0.4, 0.5) is 4.39 Å². The molecule has 1 heterocycles. The quantitative estimate of drug-likeness (QED) is 0.612. The largest absolute Gasteiger partial charge is 0.289 e. The third-order valence-corrected chi connectivity index (χ3v) is 4.18. The van der Waals surface area contributed by atoms with Crippen molar-refractivity contribution in [2.75, 3.05) is 0 Å². The first-order chi connectivity index (χ1) is 9.16. The van der Waals surface area contributed by atoms with Crippen molar-refractivity contribution in [2.24, 2.45) is 0 Å². The van der Waals surface area contributed by atoms with Crippen LogP contribution in [0.3, 0.4) is 0 Å². The van der Waals surface area contributed by atoms with Crippen molar-refractivity contribution in [3.63, 3.8) is 0 Å². The Bertz CT molecular complexity index is 779. The highest BCUT2D eigenvalue weighted by molar-refractivity contribution is 7.17. The van der Waals surface area contributed by atoms with Crippen LogP contribution in [0.25, 0.3) is 10.1 Å². The van der Waals surface area contributed by atoms with Gasteiger partial charge >= 0.3 is 0 Å². The van der Waals surface area contributed by atoms with Gasteiger partial charge in [0.2, 0.25) is 0 Å². The number of thiophene rings is 1. The minimum Gasteiger partial charge on any atom is -0.289 e. The normalized spacial score (nSPS) is 10.8. The molecule has 0 atom stereocenters. The van der Waals surface area contributed by atoms with Crippen LogP contribution in [0.2, 0.25) is 5.02 Å². The summed E-state index contributed by atoms with van der Waals surface area (Å²) < 4.78 is 13.9. The van der Waals surface area contributed by atoms with E-state index < -0.39 is 5.82 Å². The molecule has 0 fully saturated rings. The van der Waals surface area contributed by atoms with Gasteiger partial charge in [-0.2, -0.15) is 0 Å². The summed E-state index contributed by atoms with van der Waals surface area (Å²) in [6.07, 6.45) is 0. The minimum atomic E-state index is -0.448. The molecular weight excluding hydrogens is 283 g/mol. The summed E-state index contributed by atoms with van der Waals surface area (Å²) in [4.78, 5) is 12.5.